The molecule has 0 aliphatic heterocycles. The van der Waals surface area contributed by atoms with Crippen molar-refractivity contribution in [2.75, 3.05) is 0 Å². The third kappa shape index (κ3) is 1.39. The van der Waals surface area contributed by atoms with Crippen molar-refractivity contribution in [1.29, 1.82) is 0 Å². The van der Waals surface area contributed by atoms with E-state index in [1.165, 1.54) is 16.2 Å². The first-order valence-electron chi connectivity index (χ1n) is 7.99. The molecule has 3 heterocycles. The van der Waals surface area contributed by atoms with Crippen LogP contribution in [-0.4, -0.2) is 9.38 Å². The smallest absolute Gasteiger partial charge is 0.145 e. The third-order valence-corrected chi connectivity index (χ3v) is 4.85. The molecule has 0 aliphatic rings. The number of imidazole rings is 1. The monoisotopic (exact) mass is 308 g/mol. The molecule has 3 heteroatoms. The fraction of sp³-hybridized carbons (Fsp3) is 0. The van der Waals surface area contributed by atoms with E-state index in [1.807, 2.05) is 24.5 Å². The van der Waals surface area contributed by atoms with Gasteiger partial charge in [-0.1, -0.05) is 42.5 Å². The highest BCUT2D eigenvalue weighted by atomic mass is 16.3. The van der Waals surface area contributed by atoms with Gasteiger partial charge < -0.3 is 4.42 Å². The highest BCUT2D eigenvalue weighted by Gasteiger charge is 2.13. The molecule has 0 fully saturated rings. The fourth-order valence-corrected chi connectivity index (χ4v) is 3.79. The second kappa shape index (κ2) is 4.15. The number of pyridine rings is 1. The molecule has 3 aromatic heterocycles. The Balaban J connectivity index is 1.97. The Morgan fingerprint density at radius 1 is 0.708 bits per heavy atom. The quantitative estimate of drug-likeness (QED) is 0.345. The lowest BCUT2D eigenvalue weighted by atomic mass is 10.0. The topological polar surface area (TPSA) is 30.4 Å². The lowest BCUT2D eigenvalue weighted by molar-refractivity contribution is 0.669. The Morgan fingerprint density at radius 2 is 1.50 bits per heavy atom. The van der Waals surface area contributed by atoms with E-state index in [2.05, 4.69) is 57.9 Å². The molecule has 0 N–H and O–H groups in total. The largest absolute Gasteiger partial charge is 0.456 e. The number of nitrogens with zero attached hydrogens (tertiary/aromatic N) is 2. The third-order valence-electron chi connectivity index (χ3n) is 4.85. The van der Waals surface area contributed by atoms with E-state index >= 15 is 0 Å². The van der Waals surface area contributed by atoms with Gasteiger partial charge in [0.05, 0.1) is 5.52 Å². The number of benzene rings is 3. The maximum atomic E-state index is 6.06. The summed E-state index contributed by atoms with van der Waals surface area (Å²) in [4.78, 5) is 4.55. The summed E-state index contributed by atoms with van der Waals surface area (Å²) in [5.41, 5.74) is 3.93. The van der Waals surface area contributed by atoms with Crippen LogP contribution in [0, 0.1) is 0 Å². The van der Waals surface area contributed by atoms with Crippen molar-refractivity contribution in [3.05, 3.63) is 73.1 Å². The van der Waals surface area contributed by atoms with Crippen LogP contribution in [0.25, 0.3) is 49.3 Å². The van der Waals surface area contributed by atoms with Gasteiger partial charge in [0, 0.05) is 40.0 Å². The molecule has 0 spiro atoms. The van der Waals surface area contributed by atoms with Crippen LogP contribution in [0.3, 0.4) is 0 Å². The number of hydrogen-bond acceptors (Lipinski definition) is 2. The zero-order valence-corrected chi connectivity index (χ0v) is 12.7. The molecule has 0 bridgehead atoms. The molecule has 24 heavy (non-hydrogen) atoms. The Morgan fingerprint density at radius 3 is 2.42 bits per heavy atom. The van der Waals surface area contributed by atoms with E-state index < -0.39 is 0 Å². The van der Waals surface area contributed by atoms with E-state index in [9.17, 15) is 0 Å². The summed E-state index contributed by atoms with van der Waals surface area (Å²) < 4.78 is 8.21. The van der Waals surface area contributed by atoms with Gasteiger partial charge in [0.2, 0.25) is 0 Å². The minimum atomic E-state index is 0.911. The van der Waals surface area contributed by atoms with E-state index in [4.69, 9.17) is 4.42 Å². The van der Waals surface area contributed by atoms with E-state index in [0.29, 0.717) is 0 Å². The first kappa shape index (κ1) is 12.1. The number of rotatable bonds is 0. The van der Waals surface area contributed by atoms with Gasteiger partial charge in [-0.3, -0.25) is 4.40 Å². The normalized spacial score (nSPS) is 12.2. The maximum absolute atomic E-state index is 6.06. The van der Waals surface area contributed by atoms with Gasteiger partial charge in [-0.2, -0.15) is 0 Å². The van der Waals surface area contributed by atoms with Crippen LogP contribution in [-0.2, 0) is 0 Å². The highest BCUT2D eigenvalue weighted by molar-refractivity contribution is 6.17. The summed E-state index contributed by atoms with van der Waals surface area (Å²) >= 11 is 0. The minimum Gasteiger partial charge on any atom is -0.456 e. The van der Waals surface area contributed by atoms with Gasteiger partial charge in [-0.15, -0.1) is 0 Å². The van der Waals surface area contributed by atoms with Crippen LogP contribution in [0.2, 0.25) is 0 Å². The highest BCUT2D eigenvalue weighted by Crippen LogP contribution is 2.35. The predicted molar refractivity (Wildman–Crippen MR) is 97.5 cm³/mol. The van der Waals surface area contributed by atoms with Crippen LogP contribution in [0.4, 0.5) is 0 Å². The second-order valence-electron chi connectivity index (χ2n) is 6.13. The van der Waals surface area contributed by atoms with Gasteiger partial charge in [0.25, 0.3) is 0 Å². The van der Waals surface area contributed by atoms with Crippen LogP contribution < -0.4 is 0 Å². The van der Waals surface area contributed by atoms with Gasteiger partial charge >= 0.3 is 0 Å². The molecular weight excluding hydrogens is 296 g/mol. The molecule has 0 atom stereocenters. The molecule has 6 aromatic rings. The summed E-state index contributed by atoms with van der Waals surface area (Å²) in [5.74, 6) is 0. The molecule has 6 rings (SSSR count). The molecule has 0 radical (unpaired) electrons. The van der Waals surface area contributed by atoms with Gasteiger partial charge in [-0.25, -0.2) is 4.98 Å². The van der Waals surface area contributed by atoms with Crippen molar-refractivity contribution < 1.29 is 4.42 Å². The van der Waals surface area contributed by atoms with Crippen LogP contribution in [0.1, 0.15) is 0 Å². The molecule has 0 aliphatic carbocycles. The van der Waals surface area contributed by atoms with Gasteiger partial charge in [-0.05, 0) is 17.5 Å². The summed E-state index contributed by atoms with van der Waals surface area (Å²) in [6.07, 6.45) is 3.86. The van der Waals surface area contributed by atoms with Crippen LogP contribution in [0.15, 0.2) is 77.5 Å². The lowest BCUT2D eigenvalue weighted by Crippen LogP contribution is -1.90. The number of para-hydroxylation sites is 1. The zero-order valence-electron chi connectivity index (χ0n) is 12.7. The molecule has 112 valence electrons. The SMILES string of the molecule is c1ccc2c(c1)oc1cc3c(cc12)c1ccccc1c1nccn31. The first-order valence-corrected chi connectivity index (χ1v) is 7.99. The minimum absolute atomic E-state index is 0.911. The van der Waals surface area contributed by atoms with Crippen molar-refractivity contribution in [2.45, 2.75) is 0 Å². The average Bonchev–Trinajstić information content (AvgIpc) is 3.25. The molecule has 0 saturated carbocycles. The van der Waals surface area contributed by atoms with Crippen molar-refractivity contribution in [2.24, 2.45) is 0 Å². The molecule has 0 amide bonds. The van der Waals surface area contributed by atoms with E-state index in [-0.39, 0.29) is 0 Å². The first-order chi connectivity index (χ1) is 11.9. The predicted octanol–water partition coefficient (Wildman–Crippen LogP) is 5.54. The molecular formula is C21H12N2O. The van der Waals surface area contributed by atoms with Gasteiger partial charge in [0.15, 0.2) is 0 Å². The number of fused-ring (bicyclic) bond motifs is 9. The second-order valence-corrected chi connectivity index (χ2v) is 6.13. The molecule has 0 unspecified atom stereocenters. The van der Waals surface area contributed by atoms with Crippen molar-refractivity contribution in [3.63, 3.8) is 0 Å². The Bertz CT molecular complexity index is 1410. The number of hydrogen-bond donors (Lipinski definition) is 0. The molecule has 3 nitrogen and oxygen atoms in total. The average molecular weight is 308 g/mol. The fourth-order valence-electron chi connectivity index (χ4n) is 3.79. The number of furan rings is 1. The van der Waals surface area contributed by atoms with Crippen molar-refractivity contribution >= 4 is 49.3 Å². The Kier molecular flexibility index (Phi) is 2.10. The molecule has 3 aromatic carbocycles. The standard InChI is InChI=1S/C21H12N2O/c1-2-7-15-13(5-1)16-11-17-14-6-3-4-8-19(14)24-20(17)12-18(16)23-10-9-22-21(15)23/h1-12H. The van der Waals surface area contributed by atoms with Crippen LogP contribution in [0.5, 0.6) is 0 Å². The van der Waals surface area contributed by atoms with Gasteiger partial charge in [0.1, 0.15) is 16.8 Å². The summed E-state index contributed by atoms with van der Waals surface area (Å²) in [6, 6.07) is 21.0. The van der Waals surface area contributed by atoms with E-state index in [0.717, 1.165) is 33.1 Å². The molecule has 0 saturated heterocycles. The van der Waals surface area contributed by atoms with Crippen molar-refractivity contribution in [3.8, 4) is 0 Å². The van der Waals surface area contributed by atoms with Crippen LogP contribution >= 0.6 is 0 Å². The summed E-state index contributed by atoms with van der Waals surface area (Å²) in [7, 11) is 0. The van der Waals surface area contributed by atoms with Crippen molar-refractivity contribution in [1.82, 2.24) is 9.38 Å². The summed E-state index contributed by atoms with van der Waals surface area (Å²) in [6.45, 7) is 0. The number of aromatic nitrogens is 2. The van der Waals surface area contributed by atoms with E-state index in [1.54, 1.807) is 0 Å². The zero-order chi connectivity index (χ0) is 15.7. The lowest BCUT2D eigenvalue weighted by Gasteiger charge is -2.08. The Hall–Kier alpha value is -3.33. The Labute approximate surface area is 136 Å². The summed E-state index contributed by atoms with van der Waals surface area (Å²) in [5, 5.41) is 5.92. The maximum Gasteiger partial charge on any atom is 0.145 e.